The molecular weight excluding hydrogens is 238 g/mol. The molecule has 1 aromatic rings. The van der Waals surface area contributed by atoms with Crippen molar-refractivity contribution in [3.8, 4) is 0 Å². The van der Waals surface area contributed by atoms with Crippen molar-refractivity contribution >= 4 is 17.3 Å². The van der Waals surface area contributed by atoms with E-state index in [0.29, 0.717) is 23.2 Å². The van der Waals surface area contributed by atoms with Gasteiger partial charge in [0, 0.05) is 12.6 Å². The molecule has 0 bridgehead atoms. The molecule has 2 rings (SSSR count). The zero-order valence-corrected chi connectivity index (χ0v) is 11.0. The highest BCUT2D eigenvalue weighted by atomic mass is 35.5. The number of aromatic nitrogens is 2. The number of halogens is 1. The van der Waals surface area contributed by atoms with E-state index in [-0.39, 0.29) is 11.6 Å². The van der Waals surface area contributed by atoms with Crippen molar-refractivity contribution < 1.29 is 0 Å². The number of nitrogens with zero attached hydrogens (tertiary/aromatic N) is 2. The van der Waals surface area contributed by atoms with Crippen LogP contribution in [0.5, 0.6) is 0 Å². The average molecular weight is 256 g/mol. The highest BCUT2D eigenvalue weighted by Crippen LogP contribution is 2.30. The molecule has 0 spiro atoms. The van der Waals surface area contributed by atoms with Gasteiger partial charge in [0.15, 0.2) is 0 Å². The Labute approximate surface area is 106 Å². The Morgan fingerprint density at radius 2 is 2.35 bits per heavy atom. The van der Waals surface area contributed by atoms with Gasteiger partial charge in [-0.1, -0.05) is 18.5 Å². The molecule has 4 nitrogen and oxygen atoms in total. The number of nitrogens with one attached hydrogen (secondary N) is 1. The molecule has 0 saturated heterocycles. The zero-order chi connectivity index (χ0) is 12.4. The summed E-state index contributed by atoms with van der Waals surface area (Å²) in [4.78, 5) is 12.2. The molecule has 1 N–H and O–H groups in total. The molecule has 94 valence electrons. The molecular formula is C12H18ClN3O. The molecule has 1 atom stereocenters. The first-order valence-electron chi connectivity index (χ1n) is 6.14. The average Bonchev–Trinajstić information content (AvgIpc) is 3.12. The molecule has 1 unspecified atom stereocenters. The van der Waals surface area contributed by atoms with Crippen molar-refractivity contribution in [3.63, 3.8) is 0 Å². The van der Waals surface area contributed by atoms with Crippen LogP contribution in [0.25, 0.3) is 0 Å². The van der Waals surface area contributed by atoms with E-state index in [1.165, 1.54) is 17.5 Å². The van der Waals surface area contributed by atoms with Crippen LogP contribution in [0.3, 0.4) is 0 Å². The maximum atomic E-state index is 12.2. The van der Waals surface area contributed by atoms with Crippen LogP contribution in [-0.2, 0) is 6.54 Å². The molecule has 1 fully saturated rings. The minimum atomic E-state index is -0.107. The molecule has 17 heavy (non-hydrogen) atoms. The van der Waals surface area contributed by atoms with Crippen LogP contribution in [0.1, 0.15) is 33.1 Å². The van der Waals surface area contributed by atoms with Gasteiger partial charge in [-0.05, 0) is 32.1 Å². The lowest BCUT2D eigenvalue weighted by molar-refractivity contribution is 0.534. The van der Waals surface area contributed by atoms with Crippen molar-refractivity contribution in [1.82, 2.24) is 9.78 Å². The second kappa shape index (κ2) is 5.08. The van der Waals surface area contributed by atoms with Crippen LogP contribution < -0.4 is 10.9 Å². The monoisotopic (exact) mass is 255 g/mol. The topological polar surface area (TPSA) is 46.9 Å². The van der Waals surface area contributed by atoms with Gasteiger partial charge < -0.3 is 5.32 Å². The van der Waals surface area contributed by atoms with Crippen LogP contribution in [0.15, 0.2) is 11.0 Å². The van der Waals surface area contributed by atoms with Crippen LogP contribution in [0.4, 0.5) is 5.69 Å². The molecule has 5 heteroatoms. The van der Waals surface area contributed by atoms with Gasteiger partial charge in [-0.3, -0.25) is 4.79 Å². The van der Waals surface area contributed by atoms with Crippen LogP contribution in [0, 0.1) is 5.92 Å². The fourth-order valence-electron chi connectivity index (χ4n) is 1.62. The summed E-state index contributed by atoms with van der Waals surface area (Å²) in [6, 6.07) is 0.233. The third kappa shape index (κ3) is 3.00. The zero-order valence-electron chi connectivity index (χ0n) is 10.2. The van der Waals surface area contributed by atoms with Crippen molar-refractivity contribution in [2.45, 2.75) is 45.7 Å². The fraction of sp³-hybridized carbons (Fsp3) is 0.667. The summed E-state index contributed by atoms with van der Waals surface area (Å²) in [6.07, 6.45) is 4.90. The summed E-state index contributed by atoms with van der Waals surface area (Å²) in [5.74, 6) is 0.623. The van der Waals surface area contributed by atoms with E-state index in [1.807, 2.05) is 6.92 Å². The Balaban J connectivity index is 2.25. The van der Waals surface area contributed by atoms with Crippen LogP contribution in [-0.4, -0.2) is 15.8 Å². The predicted molar refractivity (Wildman–Crippen MR) is 69.6 cm³/mol. The van der Waals surface area contributed by atoms with Gasteiger partial charge in [-0.2, -0.15) is 5.10 Å². The largest absolute Gasteiger partial charge is 0.377 e. The van der Waals surface area contributed by atoms with E-state index in [9.17, 15) is 4.79 Å². The van der Waals surface area contributed by atoms with Gasteiger partial charge >= 0.3 is 0 Å². The molecule has 0 radical (unpaired) electrons. The van der Waals surface area contributed by atoms with E-state index in [2.05, 4.69) is 17.3 Å². The maximum Gasteiger partial charge on any atom is 0.291 e. The van der Waals surface area contributed by atoms with Crippen molar-refractivity contribution in [1.29, 1.82) is 0 Å². The third-order valence-corrected chi connectivity index (χ3v) is 3.42. The van der Waals surface area contributed by atoms with Crippen molar-refractivity contribution in [2.75, 3.05) is 5.32 Å². The minimum absolute atomic E-state index is 0.107. The SMILES string of the molecule is CCC(C)Nc1c(Cl)cnn(CC2CC2)c1=O. The summed E-state index contributed by atoms with van der Waals surface area (Å²) in [5, 5.41) is 7.65. The van der Waals surface area contributed by atoms with Gasteiger partial charge in [-0.15, -0.1) is 0 Å². The quantitative estimate of drug-likeness (QED) is 0.880. The number of rotatable bonds is 5. The smallest absolute Gasteiger partial charge is 0.291 e. The Hall–Kier alpha value is -1.03. The van der Waals surface area contributed by atoms with Gasteiger partial charge in [0.1, 0.15) is 5.69 Å². The van der Waals surface area contributed by atoms with E-state index >= 15 is 0 Å². The Kier molecular flexibility index (Phi) is 3.72. The molecule has 1 aromatic heterocycles. The molecule has 1 saturated carbocycles. The third-order valence-electron chi connectivity index (χ3n) is 3.13. The van der Waals surface area contributed by atoms with Crippen molar-refractivity contribution in [3.05, 3.63) is 21.6 Å². The summed E-state index contributed by atoms with van der Waals surface area (Å²) in [5.41, 5.74) is 0.376. The first-order chi connectivity index (χ1) is 8.11. The number of anilines is 1. The Morgan fingerprint density at radius 3 is 2.94 bits per heavy atom. The lowest BCUT2D eigenvalue weighted by atomic mass is 10.2. The number of hydrogen-bond donors (Lipinski definition) is 1. The molecule has 0 aromatic carbocycles. The Morgan fingerprint density at radius 1 is 1.65 bits per heavy atom. The van der Waals surface area contributed by atoms with E-state index < -0.39 is 0 Å². The maximum absolute atomic E-state index is 12.2. The summed E-state index contributed by atoms with van der Waals surface area (Å²) < 4.78 is 1.52. The van der Waals surface area contributed by atoms with E-state index in [1.54, 1.807) is 6.20 Å². The van der Waals surface area contributed by atoms with Gasteiger partial charge in [0.2, 0.25) is 0 Å². The standard InChI is InChI=1S/C12H18ClN3O/c1-3-8(2)15-11-10(13)6-14-16(12(11)17)7-9-4-5-9/h6,8-9,15H,3-5,7H2,1-2H3. The number of hydrogen-bond acceptors (Lipinski definition) is 3. The second-order valence-electron chi connectivity index (χ2n) is 4.75. The van der Waals surface area contributed by atoms with Crippen molar-refractivity contribution in [2.24, 2.45) is 5.92 Å². The van der Waals surface area contributed by atoms with Gasteiger partial charge in [0.25, 0.3) is 5.56 Å². The van der Waals surface area contributed by atoms with Gasteiger partial charge in [0.05, 0.1) is 11.2 Å². The first kappa shape index (κ1) is 12.4. The highest BCUT2D eigenvalue weighted by Gasteiger charge is 2.23. The molecule has 0 aliphatic heterocycles. The lowest BCUT2D eigenvalue weighted by Crippen LogP contribution is -2.29. The molecule has 1 aliphatic rings. The summed E-state index contributed by atoms with van der Waals surface area (Å²) >= 11 is 6.02. The van der Waals surface area contributed by atoms with Crippen LogP contribution in [0.2, 0.25) is 5.02 Å². The lowest BCUT2D eigenvalue weighted by Gasteiger charge is -2.14. The minimum Gasteiger partial charge on any atom is -0.377 e. The molecule has 1 aliphatic carbocycles. The van der Waals surface area contributed by atoms with Crippen LogP contribution >= 0.6 is 11.6 Å². The predicted octanol–water partition coefficient (Wildman–Crippen LogP) is 2.52. The fourth-order valence-corrected chi connectivity index (χ4v) is 1.80. The van der Waals surface area contributed by atoms with Gasteiger partial charge in [-0.25, -0.2) is 4.68 Å². The molecule has 0 amide bonds. The molecule has 1 heterocycles. The highest BCUT2D eigenvalue weighted by molar-refractivity contribution is 6.33. The van der Waals surface area contributed by atoms with E-state index in [0.717, 1.165) is 6.42 Å². The summed E-state index contributed by atoms with van der Waals surface area (Å²) in [6.45, 7) is 4.81. The Bertz CT molecular complexity index is 454. The second-order valence-corrected chi connectivity index (χ2v) is 5.16. The first-order valence-corrected chi connectivity index (χ1v) is 6.51. The normalized spacial score (nSPS) is 16.9. The summed E-state index contributed by atoms with van der Waals surface area (Å²) in [7, 11) is 0. The van der Waals surface area contributed by atoms with E-state index in [4.69, 9.17) is 11.6 Å².